The van der Waals surface area contributed by atoms with E-state index in [2.05, 4.69) is 10.2 Å². The van der Waals surface area contributed by atoms with Gasteiger partial charge in [-0.1, -0.05) is 23.7 Å². The average Bonchev–Trinajstić information content (AvgIpc) is 2.57. The number of H-pyrrole nitrogens is 1. The fraction of sp³-hybridized carbons (Fsp3) is 0.333. The van der Waals surface area contributed by atoms with Crippen LogP contribution in [0.5, 0.6) is 0 Å². The summed E-state index contributed by atoms with van der Waals surface area (Å²) >= 11 is 5.98. The summed E-state index contributed by atoms with van der Waals surface area (Å²) in [4.78, 5) is 15.0. The van der Waals surface area contributed by atoms with Crippen molar-refractivity contribution in [3.05, 3.63) is 51.4 Å². The standard InChI is InChI=1S/C15H14ClF3N4O/c16-13-12(9-20-21-14(13)24)23-7-5-22(6-8-23)11-4-2-1-3-10(11)15(17,18)19/h1-4,9H,5-8H2,(H,21,24). The van der Waals surface area contributed by atoms with Gasteiger partial charge in [0.05, 0.1) is 17.4 Å². The van der Waals surface area contributed by atoms with E-state index in [4.69, 9.17) is 11.6 Å². The van der Waals surface area contributed by atoms with Crippen molar-refractivity contribution in [1.29, 1.82) is 0 Å². The molecule has 1 fully saturated rings. The van der Waals surface area contributed by atoms with E-state index in [-0.39, 0.29) is 10.7 Å². The zero-order valence-corrected chi connectivity index (χ0v) is 13.2. The highest BCUT2D eigenvalue weighted by Crippen LogP contribution is 2.37. The van der Waals surface area contributed by atoms with E-state index in [1.165, 1.54) is 18.3 Å². The summed E-state index contributed by atoms with van der Waals surface area (Å²) in [7, 11) is 0. The molecule has 128 valence electrons. The van der Waals surface area contributed by atoms with Crippen LogP contribution < -0.4 is 15.4 Å². The Labute approximate surface area is 140 Å². The average molecular weight is 359 g/mol. The predicted octanol–water partition coefficient (Wildman–Crippen LogP) is 2.77. The van der Waals surface area contributed by atoms with Gasteiger partial charge in [0.25, 0.3) is 5.56 Å². The molecular weight excluding hydrogens is 345 g/mol. The first-order valence-electron chi connectivity index (χ1n) is 7.27. The molecule has 1 aromatic heterocycles. The fourth-order valence-electron chi connectivity index (χ4n) is 2.77. The van der Waals surface area contributed by atoms with Crippen molar-refractivity contribution in [3.8, 4) is 0 Å². The molecule has 1 aliphatic rings. The summed E-state index contributed by atoms with van der Waals surface area (Å²) in [6.07, 6.45) is -2.95. The van der Waals surface area contributed by atoms with Crippen LogP contribution in [-0.4, -0.2) is 36.4 Å². The Kier molecular flexibility index (Phi) is 4.40. The van der Waals surface area contributed by atoms with Crippen molar-refractivity contribution >= 4 is 23.0 Å². The summed E-state index contributed by atoms with van der Waals surface area (Å²) in [6.45, 7) is 1.65. The van der Waals surface area contributed by atoms with Crippen LogP contribution in [0.25, 0.3) is 0 Å². The number of aromatic amines is 1. The summed E-state index contributed by atoms with van der Waals surface area (Å²) in [6, 6.07) is 5.53. The van der Waals surface area contributed by atoms with E-state index in [1.807, 2.05) is 4.90 Å². The fourth-order valence-corrected chi connectivity index (χ4v) is 2.98. The van der Waals surface area contributed by atoms with Crippen molar-refractivity contribution in [2.45, 2.75) is 6.18 Å². The van der Waals surface area contributed by atoms with E-state index in [9.17, 15) is 18.0 Å². The van der Waals surface area contributed by atoms with Gasteiger partial charge in [-0.15, -0.1) is 0 Å². The number of benzene rings is 1. The maximum Gasteiger partial charge on any atom is 0.418 e. The van der Waals surface area contributed by atoms with Gasteiger partial charge in [0.15, 0.2) is 0 Å². The molecule has 0 atom stereocenters. The minimum Gasteiger partial charge on any atom is -0.367 e. The van der Waals surface area contributed by atoms with E-state index in [0.717, 1.165) is 6.07 Å². The highest BCUT2D eigenvalue weighted by Gasteiger charge is 2.35. The zero-order chi connectivity index (χ0) is 17.3. The second-order valence-electron chi connectivity index (χ2n) is 5.39. The van der Waals surface area contributed by atoms with E-state index in [0.29, 0.717) is 31.9 Å². The number of halogens is 4. The smallest absolute Gasteiger partial charge is 0.367 e. The van der Waals surface area contributed by atoms with Gasteiger partial charge in [-0.2, -0.15) is 18.3 Å². The Morgan fingerprint density at radius 3 is 2.25 bits per heavy atom. The Balaban J connectivity index is 1.79. The van der Waals surface area contributed by atoms with Crippen molar-refractivity contribution in [2.75, 3.05) is 36.0 Å². The molecule has 0 aliphatic carbocycles. The molecule has 2 heterocycles. The van der Waals surface area contributed by atoms with Gasteiger partial charge in [-0.25, -0.2) is 5.10 Å². The highest BCUT2D eigenvalue weighted by atomic mass is 35.5. The van der Waals surface area contributed by atoms with Crippen molar-refractivity contribution in [3.63, 3.8) is 0 Å². The first-order chi connectivity index (χ1) is 11.4. The molecule has 0 radical (unpaired) electrons. The lowest BCUT2D eigenvalue weighted by Gasteiger charge is -2.38. The maximum absolute atomic E-state index is 13.1. The molecule has 1 aromatic carbocycles. The Morgan fingerprint density at radius 1 is 1.04 bits per heavy atom. The van der Waals surface area contributed by atoms with E-state index >= 15 is 0 Å². The molecule has 1 aliphatic heterocycles. The van der Waals surface area contributed by atoms with Crippen molar-refractivity contribution < 1.29 is 13.2 Å². The summed E-state index contributed by atoms with van der Waals surface area (Å²) < 4.78 is 39.4. The Hall–Kier alpha value is -2.22. The molecule has 0 spiro atoms. The number of nitrogens with one attached hydrogen (secondary N) is 1. The molecule has 0 amide bonds. The van der Waals surface area contributed by atoms with Gasteiger partial charge in [-0.05, 0) is 12.1 Å². The van der Waals surface area contributed by atoms with Gasteiger partial charge >= 0.3 is 6.18 Å². The van der Waals surface area contributed by atoms with Crippen molar-refractivity contribution in [1.82, 2.24) is 10.2 Å². The third kappa shape index (κ3) is 3.19. The summed E-state index contributed by atoms with van der Waals surface area (Å²) in [5, 5.41) is 5.99. The van der Waals surface area contributed by atoms with Gasteiger partial charge < -0.3 is 9.80 Å². The lowest BCUT2D eigenvalue weighted by molar-refractivity contribution is -0.137. The molecule has 0 unspecified atom stereocenters. The van der Waals surface area contributed by atoms with Crippen molar-refractivity contribution in [2.24, 2.45) is 0 Å². The SMILES string of the molecule is O=c1[nH]ncc(N2CCN(c3ccccc3C(F)(F)F)CC2)c1Cl. The molecule has 1 saturated heterocycles. The molecule has 5 nitrogen and oxygen atoms in total. The van der Waals surface area contributed by atoms with Crippen LogP contribution >= 0.6 is 11.6 Å². The minimum absolute atomic E-state index is 0.0362. The monoisotopic (exact) mass is 358 g/mol. The number of hydrogen-bond acceptors (Lipinski definition) is 4. The molecular formula is C15H14ClF3N4O. The molecule has 3 rings (SSSR count). The van der Waals surface area contributed by atoms with Crippen LogP contribution in [0.3, 0.4) is 0 Å². The van der Waals surface area contributed by atoms with Gasteiger partial charge in [-0.3, -0.25) is 4.79 Å². The Bertz CT molecular complexity index is 785. The Morgan fingerprint density at radius 2 is 1.62 bits per heavy atom. The van der Waals surface area contributed by atoms with E-state index < -0.39 is 17.3 Å². The topological polar surface area (TPSA) is 52.2 Å². The second kappa shape index (κ2) is 6.35. The number of para-hydroxylation sites is 1. The highest BCUT2D eigenvalue weighted by molar-refractivity contribution is 6.33. The molecule has 24 heavy (non-hydrogen) atoms. The lowest BCUT2D eigenvalue weighted by Crippen LogP contribution is -2.47. The van der Waals surface area contributed by atoms with E-state index in [1.54, 1.807) is 11.0 Å². The van der Waals surface area contributed by atoms with Crippen LogP contribution in [0.2, 0.25) is 5.02 Å². The number of nitrogens with zero attached hydrogens (tertiary/aromatic N) is 3. The van der Waals surface area contributed by atoms with Crippen LogP contribution in [0, 0.1) is 0 Å². The third-order valence-corrected chi connectivity index (χ3v) is 4.31. The molecule has 9 heteroatoms. The number of piperazine rings is 1. The first kappa shape index (κ1) is 16.6. The van der Waals surface area contributed by atoms with Gasteiger partial charge in [0.2, 0.25) is 0 Å². The minimum atomic E-state index is -4.40. The number of anilines is 2. The molecule has 0 saturated carbocycles. The van der Waals surface area contributed by atoms with Crippen LogP contribution in [0.15, 0.2) is 35.3 Å². The molecule has 1 N–H and O–H groups in total. The quantitative estimate of drug-likeness (QED) is 0.897. The number of rotatable bonds is 2. The van der Waals surface area contributed by atoms with Gasteiger partial charge in [0.1, 0.15) is 5.02 Å². The number of aromatic nitrogens is 2. The number of alkyl halides is 3. The zero-order valence-electron chi connectivity index (χ0n) is 12.5. The predicted molar refractivity (Wildman–Crippen MR) is 85.7 cm³/mol. The third-order valence-electron chi connectivity index (χ3n) is 3.95. The van der Waals surface area contributed by atoms with Crippen LogP contribution in [-0.2, 0) is 6.18 Å². The van der Waals surface area contributed by atoms with Gasteiger partial charge in [0, 0.05) is 31.9 Å². The number of hydrogen-bond donors (Lipinski definition) is 1. The molecule has 0 bridgehead atoms. The first-order valence-corrected chi connectivity index (χ1v) is 7.65. The summed E-state index contributed by atoms with van der Waals surface area (Å²) in [5.41, 5.74) is -0.475. The van der Waals surface area contributed by atoms with Crippen LogP contribution in [0.1, 0.15) is 5.56 Å². The summed E-state index contributed by atoms with van der Waals surface area (Å²) in [5.74, 6) is 0. The molecule has 2 aromatic rings. The van der Waals surface area contributed by atoms with Crippen LogP contribution in [0.4, 0.5) is 24.5 Å². The normalized spacial score (nSPS) is 15.7. The maximum atomic E-state index is 13.1. The largest absolute Gasteiger partial charge is 0.418 e. The second-order valence-corrected chi connectivity index (χ2v) is 5.77. The lowest BCUT2D eigenvalue weighted by atomic mass is 10.1.